The molecule has 1 aliphatic carbocycles. The topological polar surface area (TPSA) is 74.8 Å². The Morgan fingerprint density at radius 1 is 1.29 bits per heavy atom. The SMILES string of the molecule is CCNC(=NCc1cccc(NC(=O)C2CCC2)c1)NCC(OC)C(C)(C)C. The summed E-state index contributed by atoms with van der Waals surface area (Å²) in [4.78, 5) is 16.8. The number of benzene rings is 1. The van der Waals surface area contributed by atoms with Gasteiger partial charge in [-0.3, -0.25) is 4.79 Å². The number of hydrogen-bond donors (Lipinski definition) is 3. The molecule has 0 aliphatic heterocycles. The number of ether oxygens (including phenoxy) is 1. The van der Waals surface area contributed by atoms with Crippen molar-refractivity contribution in [2.24, 2.45) is 16.3 Å². The van der Waals surface area contributed by atoms with Crippen LogP contribution in [-0.2, 0) is 16.1 Å². The van der Waals surface area contributed by atoms with E-state index in [0.717, 1.165) is 43.0 Å². The van der Waals surface area contributed by atoms with Gasteiger partial charge in [0.15, 0.2) is 5.96 Å². The highest BCUT2D eigenvalue weighted by molar-refractivity contribution is 5.93. The molecule has 1 atom stereocenters. The molecule has 6 heteroatoms. The van der Waals surface area contributed by atoms with E-state index in [1.165, 1.54) is 0 Å². The minimum Gasteiger partial charge on any atom is -0.379 e. The van der Waals surface area contributed by atoms with E-state index in [-0.39, 0.29) is 23.3 Å². The van der Waals surface area contributed by atoms with E-state index in [4.69, 9.17) is 4.74 Å². The van der Waals surface area contributed by atoms with Gasteiger partial charge >= 0.3 is 0 Å². The maximum atomic E-state index is 12.1. The Labute approximate surface area is 169 Å². The van der Waals surface area contributed by atoms with Gasteiger partial charge in [0.1, 0.15) is 0 Å². The number of nitrogens with one attached hydrogen (secondary N) is 3. The zero-order valence-corrected chi connectivity index (χ0v) is 18.0. The van der Waals surface area contributed by atoms with Crippen LogP contribution in [0.5, 0.6) is 0 Å². The molecule has 6 nitrogen and oxygen atoms in total. The Morgan fingerprint density at radius 3 is 2.61 bits per heavy atom. The summed E-state index contributed by atoms with van der Waals surface area (Å²) in [5.74, 6) is 1.08. The van der Waals surface area contributed by atoms with Crippen LogP contribution in [0.2, 0.25) is 0 Å². The summed E-state index contributed by atoms with van der Waals surface area (Å²) in [6.07, 6.45) is 3.25. The van der Waals surface area contributed by atoms with Crippen LogP contribution in [0.25, 0.3) is 0 Å². The molecule has 1 fully saturated rings. The standard InChI is InChI=1S/C22H36N4O2/c1-6-23-21(25-15-19(28-5)22(2,3)4)24-14-16-9-7-12-18(13-16)26-20(27)17-10-8-11-17/h7,9,12-13,17,19H,6,8,10-11,14-15H2,1-5H3,(H,26,27)(H2,23,24,25). The average molecular weight is 389 g/mol. The molecule has 2 rings (SSSR count). The minimum atomic E-state index is 0.0477. The number of nitrogens with zero attached hydrogens (tertiary/aromatic N) is 1. The molecule has 1 saturated carbocycles. The van der Waals surface area contributed by atoms with Gasteiger partial charge in [-0.2, -0.15) is 0 Å². The molecule has 1 aromatic rings. The molecular formula is C22H36N4O2. The molecule has 1 amide bonds. The van der Waals surface area contributed by atoms with Gasteiger partial charge in [0.2, 0.25) is 5.91 Å². The third-order valence-electron chi connectivity index (χ3n) is 5.14. The summed E-state index contributed by atoms with van der Waals surface area (Å²) < 4.78 is 5.61. The van der Waals surface area contributed by atoms with Gasteiger partial charge < -0.3 is 20.7 Å². The minimum absolute atomic E-state index is 0.0477. The molecule has 0 heterocycles. The molecule has 3 N–H and O–H groups in total. The first-order valence-corrected chi connectivity index (χ1v) is 10.3. The monoisotopic (exact) mass is 388 g/mol. The van der Waals surface area contributed by atoms with Gasteiger partial charge in [0.05, 0.1) is 12.6 Å². The first kappa shape index (κ1) is 22.2. The van der Waals surface area contributed by atoms with E-state index >= 15 is 0 Å². The maximum absolute atomic E-state index is 12.1. The van der Waals surface area contributed by atoms with E-state index in [2.05, 4.69) is 41.7 Å². The van der Waals surface area contributed by atoms with Crippen LogP contribution in [0.1, 0.15) is 52.5 Å². The summed E-state index contributed by atoms with van der Waals surface area (Å²) in [5.41, 5.74) is 1.95. The Kier molecular flexibility index (Phi) is 8.30. The Hall–Kier alpha value is -2.08. The van der Waals surface area contributed by atoms with Crippen LogP contribution in [0, 0.1) is 11.3 Å². The van der Waals surface area contributed by atoms with Crippen LogP contribution < -0.4 is 16.0 Å². The average Bonchev–Trinajstić information content (AvgIpc) is 2.57. The molecule has 0 spiro atoms. The second-order valence-electron chi connectivity index (χ2n) is 8.48. The fourth-order valence-electron chi connectivity index (χ4n) is 3.11. The number of aliphatic imine (C=N–C) groups is 1. The van der Waals surface area contributed by atoms with Crippen molar-refractivity contribution in [2.75, 3.05) is 25.5 Å². The fourth-order valence-corrected chi connectivity index (χ4v) is 3.11. The summed E-state index contributed by atoms with van der Waals surface area (Å²) in [6.45, 7) is 10.5. The molecule has 0 aromatic heterocycles. The number of carbonyl (C=O) groups is 1. The largest absolute Gasteiger partial charge is 0.379 e. The third-order valence-corrected chi connectivity index (χ3v) is 5.14. The number of anilines is 1. The van der Waals surface area contributed by atoms with Crippen molar-refractivity contribution in [3.05, 3.63) is 29.8 Å². The fraction of sp³-hybridized carbons (Fsp3) is 0.636. The van der Waals surface area contributed by atoms with E-state index in [1.54, 1.807) is 7.11 Å². The van der Waals surface area contributed by atoms with Crippen LogP contribution >= 0.6 is 0 Å². The third kappa shape index (κ3) is 6.82. The van der Waals surface area contributed by atoms with Crippen molar-refractivity contribution in [3.8, 4) is 0 Å². The highest BCUT2D eigenvalue weighted by atomic mass is 16.5. The van der Waals surface area contributed by atoms with Gasteiger partial charge in [0.25, 0.3) is 0 Å². The van der Waals surface area contributed by atoms with Crippen LogP contribution in [0.15, 0.2) is 29.3 Å². The smallest absolute Gasteiger partial charge is 0.227 e. The van der Waals surface area contributed by atoms with Gasteiger partial charge in [-0.15, -0.1) is 0 Å². The zero-order chi connectivity index (χ0) is 20.6. The molecule has 1 aliphatic rings. The summed E-state index contributed by atoms with van der Waals surface area (Å²) in [5, 5.41) is 9.67. The summed E-state index contributed by atoms with van der Waals surface area (Å²) >= 11 is 0. The first-order valence-electron chi connectivity index (χ1n) is 10.3. The van der Waals surface area contributed by atoms with Gasteiger partial charge in [-0.1, -0.05) is 39.3 Å². The zero-order valence-electron chi connectivity index (χ0n) is 18.0. The van der Waals surface area contributed by atoms with Crippen LogP contribution in [-0.4, -0.2) is 38.2 Å². The van der Waals surface area contributed by atoms with Crippen molar-refractivity contribution in [2.45, 2.75) is 59.6 Å². The van der Waals surface area contributed by atoms with Crippen molar-refractivity contribution >= 4 is 17.6 Å². The van der Waals surface area contributed by atoms with Crippen LogP contribution in [0.4, 0.5) is 5.69 Å². The highest BCUT2D eigenvalue weighted by Crippen LogP contribution is 2.27. The van der Waals surface area contributed by atoms with E-state index in [9.17, 15) is 4.79 Å². The van der Waals surface area contributed by atoms with Crippen molar-refractivity contribution < 1.29 is 9.53 Å². The second-order valence-corrected chi connectivity index (χ2v) is 8.48. The van der Waals surface area contributed by atoms with E-state index in [0.29, 0.717) is 13.1 Å². The van der Waals surface area contributed by atoms with E-state index in [1.807, 2.05) is 31.2 Å². The number of guanidine groups is 1. The van der Waals surface area contributed by atoms with E-state index < -0.39 is 0 Å². The number of carbonyl (C=O) groups excluding carboxylic acids is 1. The highest BCUT2D eigenvalue weighted by Gasteiger charge is 2.25. The lowest BCUT2D eigenvalue weighted by Crippen LogP contribution is -2.45. The molecule has 28 heavy (non-hydrogen) atoms. The first-order chi connectivity index (χ1) is 13.3. The normalized spacial score (nSPS) is 16.2. The van der Waals surface area contributed by atoms with Crippen molar-refractivity contribution in [1.82, 2.24) is 10.6 Å². The number of methoxy groups -OCH3 is 1. The summed E-state index contributed by atoms with van der Waals surface area (Å²) in [7, 11) is 1.74. The summed E-state index contributed by atoms with van der Waals surface area (Å²) in [6, 6.07) is 7.91. The lowest BCUT2D eigenvalue weighted by atomic mass is 9.85. The number of amides is 1. The molecule has 1 unspecified atom stereocenters. The van der Waals surface area contributed by atoms with Crippen molar-refractivity contribution in [3.63, 3.8) is 0 Å². The lowest BCUT2D eigenvalue weighted by Gasteiger charge is -2.30. The number of hydrogen-bond acceptors (Lipinski definition) is 3. The molecule has 156 valence electrons. The Balaban J connectivity index is 1.95. The molecular weight excluding hydrogens is 352 g/mol. The predicted molar refractivity (Wildman–Crippen MR) is 115 cm³/mol. The van der Waals surface area contributed by atoms with Crippen molar-refractivity contribution in [1.29, 1.82) is 0 Å². The molecule has 0 bridgehead atoms. The van der Waals surface area contributed by atoms with Gasteiger partial charge in [0, 0.05) is 31.8 Å². The maximum Gasteiger partial charge on any atom is 0.227 e. The quantitative estimate of drug-likeness (QED) is 0.470. The number of rotatable bonds is 8. The Morgan fingerprint density at radius 2 is 2.04 bits per heavy atom. The molecule has 0 radical (unpaired) electrons. The predicted octanol–water partition coefficient (Wildman–Crippen LogP) is 3.54. The van der Waals surface area contributed by atoms with Gasteiger partial charge in [-0.05, 0) is 42.9 Å². The second kappa shape index (κ2) is 10.5. The molecule has 0 saturated heterocycles. The Bertz CT molecular complexity index is 663. The van der Waals surface area contributed by atoms with Crippen LogP contribution in [0.3, 0.4) is 0 Å². The molecule has 1 aromatic carbocycles. The lowest BCUT2D eigenvalue weighted by molar-refractivity contribution is -0.122. The van der Waals surface area contributed by atoms with Gasteiger partial charge in [-0.25, -0.2) is 4.99 Å².